The third-order valence-corrected chi connectivity index (χ3v) is 4.08. The van der Waals surface area contributed by atoms with E-state index in [2.05, 4.69) is 15.0 Å². The Balaban J connectivity index is 1.58. The molecule has 1 aliphatic rings. The van der Waals surface area contributed by atoms with Gasteiger partial charge in [0.15, 0.2) is 11.5 Å². The first-order valence-electron chi connectivity index (χ1n) is 8.09. The van der Waals surface area contributed by atoms with Crippen LogP contribution < -0.4 is 14.8 Å². The normalized spacial score (nSPS) is 12.7. The van der Waals surface area contributed by atoms with Crippen LogP contribution in [-0.4, -0.2) is 42.0 Å². The van der Waals surface area contributed by atoms with E-state index < -0.39 is 12.5 Å². The second-order valence-corrected chi connectivity index (χ2v) is 5.79. The molecule has 2 heterocycles. The van der Waals surface area contributed by atoms with Gasteiger partial charge in [-0.15, -0.1) is 0 Å². The Morgan fingerprint density at radius 2 is 2.07 bits per heavy atom. The van der Waals surface area contributed by atoms with Gasteiger partial charge in [-0.05, 0) is 29.8 Å². The molecule has 27 heavy (non-hydrogen) atoms. The van der Waals surface area contributed by atoms with E-state index in [1.54, 1.807) is 11.1 Å². The van der Waals surface area contributed by atoms with Gasteiger partial charge in [0.25, 0.3) is 5.91 Å². The maximum atomic E-state index is 12.3. The molecule has 0 saturated carbocycles. The van der Waals surface area contributed by atoms with Crippen LogP contribution in [0.25, 0.3) is 0 Å². The number of amides is 2. The van der Waals surface area contributed by atoms with E-state index in [1.807, 2.05) is 12.1 Å². The van der Waals surface area contributed by atoms with E-state index in [0.717, 1.165) is 11.3 Å². The fourth-order valence-electron chi connectivity index (χ4n) is 2.75. The minimum Gasteiger partial charge on any atom is -0.493 e. The van der Waals surface area contributed by atoms with Crippen LogP contribution in [0, 0.1) is 0 Å². The molecule has 2 aromatic rings. The maximum Gasteiger partial charge on any atom is 0.387 e. The van der Waals surface area contributed by atoms with Crippen LogP contribution in [0.4, 0.5) is 8.78 Å². The second-order valence-electron chi connectivity index (χ2n) is 5.79. The van der Waals surface area contributed by atoms with Crippen molar-refractivity contribution in [2.45, 2.75) is 19.7 Å². The number of fused-ring (bicyclic) bond motifs is 1. The summed E-state index contributed by atoms with van der Waals surface area (Å²) in [5, 5.41) is 2.52. The van der Waals surface area contributed by atoms with Crippen LogP contribution in [0.5, 0.6) is 11.5 Å². The van der Waals surface area contributed by atoms with Crippen molar-refractivity contribution >= 4 is 11.8 Å². The van der Waals surface area contributed by atoms with E-state index in [1.165, 1.54) is 25.3 Å². The van der Waals surface area contributed by atoms with E-state index >= 15 is 0 Å². The predicted octanol–water partition coefficient (Wildman–Crippen LogP) is 1.96. The monoisotopic (exact) mass is 377 g/mol. The zero-order chi connectivity index (χ0) is 19.4. The number of benzene rings is 1. The molecule has 0 fully saturated rings. The summed E-state index contributed by atoms with van der Waals surface area (Å²) >= 11 is 0. The Labute approximate surface area is 153 Å². The highest BCUT2D eigenvalue weighted by molar-refractivity contribution is 5.97. The largest absolute Gasteiger partial charge is 0.493 e. The number of nitrogens with one attached hydrogen (secondary N) is 1. The number of rotatable bonds is 6. The van der Waals surface area contributed by atoms with Gasteiger partial charge in [-0.3, -0.25) is 14.6 Å². The van der Waals surface area contributed by atoms with Crippen LogP contribution in [0.1, 0.15) is 21.6 Å². The third kappa shape index (κ3) is 4.30. The molecule has 0 unspecified atom stereocenters. The minimum absolute atomic E-state index is 0.00431. The summed E-state index contributed by atoms with van der Waals surface area (Å²) in [6, 6.07) is 7.51. The molecule has 1 aliphatic heterocycles. The van der Waals surface area contributed by atoms with Gasteiger partial charge in [0.2, 0.25) is 5.91 Å². The van der Waals surface area contributed by atoms with Gasteiger partial charge in [0.05, 0.1) is 25.9 Å². The van der Waals surface area contributed by atoms with Crippen molar-refractivity contribution in [2.75, 3.05) is 13.7 Å². The molecule has 1 aromatic heterocycles. The second kappa shape index (κ2) is 7.98. The maximum absolute atomic E-state index is 12.3. The first-order valence-corrected chi connectivity index (χ1v) is 8.09. The van der Waals surface area contributed by atoms with Crippen LogP contribution in [0.15, 0.2) is 36.5 Å². The summed E-state index contributed by atoms with van der Waals surface area (Å²) in [4.78, 5) is 30.4. The van der Waals surface area contributed by atoms with Gasteiger partial charge >= 0.3 is 6.61 Å². The van der Waals surface area contributed by atoms with Crippen LogP contribution in [-0.2, 0) is 17.9 Å². The Morgan fingerprint density at radius 1 is 1.26 bits per heavy atom. The highest BCUT2D eigenvalue weighted by Crippen LogP contribution is 2.29. The zero-order valence-electron chi connectivity index (χ0n) is 14.4. The Morgan fingerprint density at radius 3 is 2.78 bits per heavy atom. The van der Waals surface area contributed by atoms with E-state index in [0.29, 0.717) is 13.1 Å². The number of alkyl halides is 2. The molecule has 0 bridgehead atoms. The van der Waals surface area contributed by atoms with Crippen molar-refractivity contribution in [1.29, 1.82) is 0 Å². The molecule has 0 atom stereocenters. The fraction of sp³-hybridized carbons (Fsp3) is 0.278. The molecular weight excluding hydrogens is 360 g/mol. The molecule has 0 radical (unpaired) electrons. The van der Waals surface area contributed by atoms with Crippen molar-refractivity contribution < 1.29 is 27.8 Å². The quantitative estimate of drug-likeness (QED) is 0.833. The topological polar surface area (TPSA) is 80.8 Å². The summed E-state index contributed by atoms with van der Waals surface area (Å²) < 4.78 is 34.0. The van der Waals surface area contributed by atoms with Crippen LogP contribution >= 0.6 is 0 Å². The van der Waals surface area contributed by atoms with Gasteiger partial charge in [0.1, 0.15) is 0 Å². The minimum atomic E-state index is -3.00. The van der Waals surface area contributed by atoms with Crippen LogP contribution in [0.2, 0.25) is 0 Å². The molecule has 142 valence electrons. The lowest BCUT2D eigenvalue weighted by Crippen LogP contribution is -2.37. The summed E-state index contributed by atoms with van der Waals surface area (Å²) in [6.45, 7) is -2.34. The van der Waals surface area contributed by atoms with Gasteiger partial charge < -0.3 is 19.7 Å². The number of halogens is 2. The molecule has 1 aromatic carbocycles. The van der Waals surface area contributed by atoms with E-state index in [-0.39, 0.29) is 29.5 Å². The van der Waals surface area contributed by atoms with Crippen molar-refractivity contribution in [1.82, 2.24) is 15.2 Å². The fourth-order valence-corrected chi connectivity index (χ4v) is 2.75. The predicted molar refractivity (Wildman–Crippen MR) is 90.5 cm³/mol. The lowest BCUT2D eigenvalue weighted by molar-refractivity contribution is -0.130. The van der Waals surface area contributed by atoms with Gasteiger partial charge in [-0.1, -0.05) is 6.07 Å². The molecule has 3 rings (SSSR count). The number of methoxy groups -OCH3 is 1. The van der Waals surface area contributed by atoms with Crippen molar-refractivity contribution in [3.63, 3.8) is 0 Å². The highest BCUT2D eigenvalue weighted by Gasteiger charge is 2.24. The number of hydrogen-bond donors (Lipinski definition) is 1. The van der Waals surface area contributed by atoms with E-state index in [4.69, 9.17) is 4.74 Å². The van der Waals surface area contributed by atoms with Crippen molar-refractivity contribution in [2.24, 2.45) is 0 Å². The van der Waals surface area contributed by atoms with Gasteiger partial charge in [-0.2, -0.15) is 8.78 Å². The van der Waals surface area contributed by atoms with Crippen LogP contribution in [0.3, 0.4) is 0 Å². The Hall–Kier alpha value is -3.23. The summed E-state index contributed by atoms with van der Waals surface area (Å²) in [7, 11) is 1.28. The number of hydrogen-bond acceptors (Lipinski definition) is 5. The average Bonchev–Trinajstić information content (AvgIpc) is 3.10. The number of nitrogens with zero attached hydrogens (tertiary/aromatic N) is 2. The Kier molecular flexibility index (Phi) is 5.49. The summed E-state index contributed by atoms with van der Waals surface area (Å²) in [6.07, 6.45) is 1.67. The number of aromatic nitrogens is 1. The molecule has 0 aliphatic carbocycles. The number of pyridine rings is 1. The summed E-state index contributed by atoms with van der Waals surface area (Å²) in [5.41, 5.74) is 1.99. The molecular formula is C18H17F2N3O4. The van der Waals surface area contributed by atoms with Crippen molar-refractivity contribution in [3.8, 4) is 11.5 Å². The lowest BCUT2D eigenvalue weighted by atomic mass is 10.2. The first kappa shape index (κ1) is 18.6. The standard InChI is InChI=1S/C18H17F2N3O4/c1-26-15-7-11(4-5-14(15)27-18(19)20)17(25)22-8-16(24)23-9-12-3-2-6-21-13(12)10-23/h2-7,18H,8-10H2,1H3,(H,22,25). The van der Waals surface area contributed by atoms with Gasteiger partial charge in [-0.25, -0.2) is 0 Å². The molecule has 0 spiro atoms. The molecule has 1 N–H and O–H groups in total. The number of carbonyl (C=O) groups is 2. The van der Waals surface area contributed by atoms with E-state index in [9.17, 15) is 18.4 Å². The molecule has 7 nitrogen and oxygen atoms in total. The number of ether oxygens (including phenoxy) is 2. The SMILES string of the molecule is COc1cc(C(=O)NCC(=O)N2Cc3cccnc3C2)ccc1OC(F)F. The Bertz CT molecular complexity index is 835. The molecule has 2 amide bonds. The first-order chi connectivity index (χ1) is 13.0. The molecule has 0 saturated heterocycles. The summed E-state index contributed by atoms with van der Waals surface area (Å²) in [5.74, 6) is -0.955. The lowest BCUT2D eigenvalue weighted by Gasteiger charge is -2.16. The van der Waals surface area contributed by atoms with Crippen molar-refractivity contribution in [3.05, 3.63) is 53.3 Å². The average molecular weight is 377 g/mol. The smallest absolute Gasteiger partial charge is 0.387 e. The van der Waals surface area contributed by atoms with Gasteiger partial charge in [0, 0.05) is 18.3 Å². The third-order valence-electron chi connectivity index (χ3n) is 4.08. The zero-order valence-corrected chi connectivity index (χ0v) is 14.4. The molecule has 9 heteroatoms. The number of carbonyl (C=O) groups excluding carboxylic acids is 2. The highest BCUT2D eigenvalue weighted by atomic mass is 19.3.